The molecule has 0 aliphatic heterocycles. The van der Waals surface area contributed by atoms with Crippen LogP contribution in [0.15, 0.2) is 28.9 Å². The Balaban J connectivity index is 2.28. The lowest BCUT2D eigenvalue weighted by molar-refractivity contribution is 0.414. The van der Waals surface area contributed by atoms with Crippen molar-refractivity contribution in [3.63, 3.8) is 0 Å². The molecule has 5 heteroatoms. The lowest BCUT2D eigenvalue weighted by Gasteiger charge is -2.05. The first-order valence-corrected chi connectivity index (χ1v) is 6.11. The second-order valence-corrected chi connectivity index (χ2v) is 4.21. The van der Waals surface area contributed by atoms with Crippen LogP contribution in [-0.4, -0.2) is 18.6 Å². The van der Waals surface area contributed by atoms with E-state index in [-0.39, 0.29) is 0 Å². The number of aromatic nitrogens is 1. The van der Waals surface area contributed by atoms with Crippen LogP contribution in [0.2, 0.25) is 5.02 Å². The lowest BCUT2D eigenvalue weighted by Crippen LogP contribution is -2.11. The van der Waals surface area contributed by atoms with E-state index < -0.39 is 0 Å². The van der Waals surface area contributed by atoms with Crippen LogP contribution in [0.3, 0.4) is 0 Å². The number of halogens is 1. The van der Waals surface area contributed by atoms with Crippen LogP contribution in [-0.2, 0) is 6.54 Å². The van der Waals surface area contributed by atoms with Crippen molar-refractivity contribution in [1.29, 1.82) is 0 Å². The molecule has 0 saturated carbocycles. The summed E-state index contributed by atoms with van der Waals surface area (Å²) in [5.41, 5.74) is 1.66. The Morgan fingerprint density at radius 2 is 2.28 bits per heavy atom. The maximum Gasteiger partial charge on any atom is 0.229 e. The summed E-state index contributed by atoms with van der Waals surface area (Å²) in [6.45, 7) is 3.63. The Hall–Kier alpha value is -1.52. The summed E-state index contributed by atoms with van der Waals surface area (Å²) in [7, 11) is 1.59. The van der Waals surface area contributed by atoms with Gasteiger partial charge in [0.2, 0.25) is 5.89 Å². The Kier molecular flexibility index (Phi) is 4.23. The zero-order chi connectivity index (χ0) is 13.0. The minimum atomic E-state index is 0.538. The van der Waals surface area contributed by atoms with Crippen molar-refractivity contribution < 1.29 is 9.15 Å². The fourth-order valence-electron chi connectivity index (χ4n) is 1.61. The number of rotatable bonds is 5. The number of hydrogen-bond acceptors (Lipinski definition) is 4. The van der Waals surface area contributed by atoms with E-state index in [9.17, 15) is 0 Å². The number of oxazole rings is 1. The summed E-state index contributed by atoms with van der Waals surface area (Å²) >= 11 is 5.92. The number of hydrogen-bond donors (Lipinski definition) is 1. The third-order valence-electron chi connectivity index (χ3n) is 2.50. The first-order chi connectivity index (χ1) is 8.74. The predicted octanol–water partition coefficient (Wildman–Crippen LogP) is 3.11. The van der Waals surface area contributed by atoms with Crippen molar-refractivity contribution in [2.24, 2.45) is 0 Å². The van der Waals surface area contributed by atoms with Crippen LogP contribution in [0.25, 0.3) is 11.5 Å². The van der Waals surface area contributed by atoms with Gasteiger partial charge in [0.05, 0.1) is 18.4 Å². The Bertz CT molecular complexity index is 525. The first-order valence-electron chi connectivity index (χ1n) is 5.73. The standard InChI is InChI=1S/C13H15ClN2O2/c1-3-15-7-10-8-18-13(16-10)11-5-4-9(14)6-12(11)17-2/h4-6,8,15H,3,7H2,1-2H3. The Morgan fingerprint density at radius 3 is 3.00 bits per heavy atom. The Morgan fingerprint density at radius 1 is 1.44 bits per heavy atom. The van der Waals surface area contributed by atoms with Gasteiger partial charge in [0.15, 0.2) is 0 Å². The van der Waals surface area contributed by atoms with Crippen LogP contribution in [0, 0.1) is 0 Å². The minimum Gasteiger partial charge on any atom is -0.496 e. The van der Waals surface area contributed by atoms with E-state index in [1.165, 1.54) is 0 Å². The van der Waals surface area contributed by atoms with E-state index >= 15 is 0 Å². The molecule has 0 aliphatic rings. The number of ether oxygens (including phenoxy) is 1. The van der Waals surface area contributed by atoms with Gasteiger partial charge in [0.25, 0.3) is 0 Å². The first kappa shape index (κ1) is 12.9. The van der Waals surface area contributed by atoms with E-state index in [2.05, 4.69) is 10.3 Å². The molecule has 1 aromatic carbocycles. The topological polar surface area (TPSA) is 47.3 Å². The molecule has 0 atom stereocenters. The molecule has 0 spiro atoms. The molecule has 2 rings (SSSR count). The quantitative estimate of drug-likeness (QED) is 0.903. The van der Waals surface area contributed by atoms with E-state index in [0.717, 1.165) is 17.8 Å². The summed E-state index contributed by atoms with van der Waals surface area (Å²) in [5.74, 6) is 1.19. The summed E-state index contributed by atoms with van der Waals surface area (Å²) in [6, 6.07) is 5.36. The molecule has 1 aromatic heterocycles. The predicted molar refractivity (Wildman–Crippen MR) is 70.9 cm³/mol. The highest BCUT2D eigenvalue weighted by molar-refractivity contribution is 6.30. The van der Waals surface area contributed by atoms with Crippen LogP contribution in [0.4, 0.5) is 0 Å². The molecule has 96 valence electrons. The van der Waals surface area contributed by atoms with E-state index in [1.807, 2.05) is 13.0 Å². The van der Waals surface area contributed by atoms with Gasteiger partial charge in [0, 0.05) is 11.6 Å². The highest BCUT2D eigenvalue weighted by Gasteiger charge is 2.12. The molecule has 0 aliphatic carbocycles. The summed E-state index contributed by atoms with van der Waals surface area (Å²) < 4.78 is 10.7. The highest BCUT2D eigenvalue weighted by atomic mass is 35.5. The number of benzene rings is 1. The molecule has 0 fully saturated rings. The molecule has 1 heterocycles. The van der Waals surface area contributed by atoms with Gasteiger partial charge >= 0.3 is 0 Å². The van der Waals surface area contributed by atoms with Gasteiger partial charge in [-0.05, 0) is 24.7 Å². The third kappa shape index (κ3) is 2.83. The molecule has 0 unspecified atom stereocenters. The van der Waals surface area contributed by atoms with Crippen molar-refractivity contribution in [3.05, 3.63) is 35.2 Å². The normalized spacial score (nSPS) is 10.6. The maximum absolute atomic E-state index is 5.92. The van der Waals surface area contributed by atoms with E-state index in [4.69, 9.17) is 20.8 Å². The molecule has 4 nitrogen and oxygen atoms in total. The lowest BCUT2D eigenvalue weighted by atomic mass is 10.2. The smallest absolute Gasteiger partial charge is 0.229 e. The van der Waals surface area contributed by atoms with Crippen molar-refractivity contribution in [2.45, 2.75) is 13.5 Å². The van der Waals surface area contributed by atoms with Gasteiger partial charge in [0.1, 0.15) is 12.0 Å². The third-order valence-corrected chi connectivity index (χ3v) is 2.74. The van der Waals surface area contributed by atoms with Gasteiger partial charge in [-0.25, -0.2) is 4.98 Å². The van der Waals surface area contributed by atoms with Crippen molar-refractivity contribution in [2.75, 3.05) is 13.7 Å². The largest absolute Gasteiger partial charge is 0.496 e. The van der Waals surface area contributed by atoms with Crippen LogP contribution in [0.1, 0.15) is 12.6 Å². The number of nitrogens with zero attached hydrogens (tertiary/aromatic N) is 1. The second-order valence-electron chi connectivity index (χ2n) is 3.77. The molecular weight excluding hydrogens is 252 g/mol. The van der Waals surface area contributed by atoms with Crippen molar-refractivity contribution >= 4 is 11.6 Å². The van der Waals surface area contributed by atoms with Gasteiger partial charge in [-0.1, -0.05) is 18.5 Å². The molecule has 2 aromatic rings. The van der Waals surface area contributed by atoms with E-state index in [1.54, 1.807) is 25.5 Å². The molecule has 0 amide bonds. The summed E-state index contributed by atoms with van der Waals surface area (Å²) in [4.78, 5) is 4.40. The summed E-state index contributed by atoms with van der Waals surface area (Å²) in [6.07, 6.45) is 1.64. The monoisotopic (exact) mass is 266 g/mol. The van der Waals surface area contributed by atoms with Crippen LogP contribution < -0.4 is 10.1 Å². The van der Waals surface area contributed by atoms with E-state index in [0.29, 0.717) is 23.2 Å². The maximum atomic E-state index is 5.92. The average molecular weight is 267 g/mol. The average Bonchev–Trinajstić information content (AvgIpc) is 2.84. The molecule has 0 saturated heterocycles. The second kappa shape index (κ2) is 5.89. The fraction of sp³-hybridized carbons (Fsp3) is 0.308. The molecule has 0 radical (unpaired) electrons. The SMILES string of the molecule is CCNCc1coc(-c2ccc(Cl)cc2OC)n1. The number of nitrogens with one attached hydrogen (secondary N) is 1. The zero-order valence-corrected chi connectivity index (χ0v) is 11.1. The van der Waals surface area contributed by atoms with Gasteiger partial charge in [-0.3, -0.25) is 0 Å². The molecule has 18 heavy (non-hydrogen) atoms. The van der Waals surface area contributed by atoms with Gasteiger partial charge < -0.3 is 14.5 Å². The van der Waals surface area contributed by atoms with Gasteiger partial charge in [-0.2, -0.15) is 0 Å². The van der Waals surface area contributed by atoms with Crippen molar-refractivity contribution in [1.82, 2.24) is 10.3 Å². The van der Waals surface area contributed by atoms with Crippen LogP contribution >= 0.6 is 11.6 Å². The molecular formula is C13H15ClN2O2. The molecule has 1 N–H and O–H groups in total. The molecule has 0 bridgehead atoms. The number of methoxy groups -OCH3 is 1. The highest BCUT2D eigenvalue weighted by Crippen LogP contribution is 2.31. The summed E-state index contributed by atoms with van der Waals surface area (Å²) in [5, 5.41) is 3.81. The zero-order valence-electron chi connectivity index (χ0n) is 10.4. The van der Waals surface area contributed by atoms with Crippen LogP contribution in [0.5, 0.6) is 5.75 Å². The minimum absolute atomic E-state index is 0.538. The Labute approximate surface area is 111 Å². The fourth-order valence-corrected chi connectivity index (χ4v) is 1.77. The van der Waals surface area contributed by atoms with Gasteiger partial charge in [-0.15, -0.1) is 0 Å². The van der Waals surface area contributed by atoms with Crippen molar-refractivity contribution in [3.8, 4) is 17.2 Å².